The van der Waals surface area contributed by atoms with Gasteiger partial charge in [0.1, 0.15) is 6.04 Å². The predicted molar refractivity (Wildman–Crippen MR) is 108 cm³/mol. The van der Waals surface area contributed by atoms with Gasteiger partial charge >= 0.3 is 0 Å². The lowest BCUT2D eigenvalue weighted by Crippen LogP contribution is -2.57. The van der Waals surface area contributed by atoms with Crippen LogP contribution in [0, 0.1) is 0 Å². The normalized spacial score (nSPS) is 25.2. The summed E-state index contributed by atoms with van der Waals surface area (Å²) in [6.45, 7) is 4.62. The summed E-state index contributed by atoms with van der Waals surface area (Å²) in [5.74, 6) is 1.26. The third kappa shape index (κ3) is 4.49. The van der Waals surface area contributed by atoms with Crippen LogP contribution in [0.15, 0.2) is 28.8 Å². The number of amides is 1. The predicted octanol–water partition coefficient (Wildman–Crippen LogP) is 2.89. The van der Waals surface area contributed by atoms with Crippen LogP contribution >= 0.6 is 24.0 Å². The van der Waals surface area contributed by atoms with Gasteiger partial charge in [-0.1, -0.05) is 16.8 Å². The second kappa shape index (κ2) is 9.22. The Morgan fingerprint density at radius 2 is 2.11 bits per heavy atom. The number of aromatic nitrogens is 2. The zero-order valence-electron chi connectivity index (χ0n) is 15.6. The average molecular weight is 427 g/mol. The number of hydrogen-bond acceptors (Lipinski definition) is 6. The lowest BCUT2D eigenvalue weighted by molar-refractivity contribution is -0.140. The molecule has 1 aromatic carbocycles. The van der Waals surface area contributed by atoms with Crippen LogP contribution in [0.5, 0.6) is 0 Å². The highest BCUT2D eigenvalue weighted by atomic mass is 35.5. The van der Waals surface area contributed by atoms with Crippen molar-refractivity contribution in [3.63, 3.8) is 0 Å². The first-order valence-electron chi connectivity index (χ1n) is 9.35. The Hall–Kier alpha value is -1.67. The Morgan fingerprint density at radius 3 is 2.86 bits per heavy atom. The molecule has 0 radical (unpaired) electrons. The van der Waals surface area contributed by atoms with Crippen molar-refractivity contribution >= 4 is 29.9 Å². The van der Waals surface area contributed by atoms with Gasteiger partial charge in [0, 0.05) is 30.2 Å². The lowest BCUT2D eigenvalue weighted by Gasteiger charge is -2.37. The van der Waals surface area contributed by atoms with Crippen molar-refractivity contribution in [2.24, 2.45) is 0 Å². The van der Waals surface area contributed by atoms with Gasteiger partial charge in [-0.05, 0) is 44.0 Å². The lowest BCUT2D eigenvalue weighted by atomic mass is 9.96. The molecule has 1 N–H and O–H groups in total. The molecule has 28 heavy (non-hydrogen) atoms. The number of carbonyl (C=O) groups excluding carboxylic acids is 1. The number of carbonyl (C=O) groups is 1. The number of rotatable bonds is 3. The smallest absolute Gasteiger partial charge is 0.242 e. The molecule has 4 rings (SSSR count). The summed E-state index contributed by atoms with van der Waals surface area (Å²) in [7, 11) is 0. The monoisotopic (exact) mass is 426 g/mol. The van der Waals surface area contributed by atoms with Crippen molar-refractivity contribution in [1.29, 1.82) is 0 Å². The molecule has 0 aliphatic carbocycles. The Balaban J connectivity index is 0.00000225. The highest BCUT2D eigenvalue weighted by Crippen LogP contribution is 2.28. The van der Waals surface area contributed by atoms with E-state index in [4.69, 9.17) is 20.9 Å². The molecule has 9 heteroatoms. The van der Waals surface area contributed by atoms with Crippen LogP contribution in [0.1, 0.15) is 31.6 Å². The molecule has 152 valence electrons. The molecule has 2 aromatic rings. The summed E-state index contributed by atoms with van der Waals surface area (Å²) < 4.78 is 11.1. The summed E-state index contributed by atoms with van der Waals surface area (Å²) in [6, 6.07) is 7.04. The van der Waals surface area contributed by atoms with Crippen LogP contribution in [-0.4, -0.2) is 59.3 Å². The molecule has 7 nitrogen and oxygen atoms in total. The molecule has 0 saturated carbocycles. The third-order valence-corrected chi connectivity index (χ3v) is 5.46. The molecule has 2 fully saturated rings. The van der Waals surface area contributed by atoms with E-state index in [1.807, 2.05) is 24.0 Å². The van der Waals surface area contributed by atoms with E-state index < -0.39 is 0 Å². The Kier molecular flexibility index (Phi) is 6.93. The van der Waals surface area contributed by atoms with E-state index >= 15 is 0 Å². The molecule has 3 heterocycles. The molecule has 1 aromatic heterocycles. The van der Waals surface area contributed by atoms with E-state index in [1.54, 1.807) is 12.1 Å². The van der Waals surface area contributed by atoms with Crippen LogP contribution in [-0.2, 0) is 9.53 Å². The molecule has 2 aliphatic heterocycles. The van der Waals surface area contributed by atoms with Crippen LogP contribution in [0.2, 0.25) is 5.02 Å². The van der Waals surface area contributed by atoms with E-state index in [2.05, 4.69) is 15.5 Å². The fraction of sp³-hybridized carbons (Fsp3) is 0.526. The minimum atomic E-state index is -0.287. The van der Waals surface area contributed by atoms with Crippen LogP contribution in [0.4, 0.5) is 0 Å². The van der Waals surface area contributed by atoms with Gasteiger partial charge in [0.05, 0.1) is 18.6 Å². The van der Waals surface area contributed by atoms with Gasteiger partial charge in [-0.3, -0.25) is 4.79 Å². The molecule has 3 atom stereocenters. The molecule has 0 spiro atoms. The van der Waals surface area contributed by atoms with Crippen LogP contribution in [0.25, 0.3) is 11.4 Å². The van der Waals surface area contributed by atoms with E-state index in [1.165, 1.54) is 0 Å². The van der Waals surface area contributed by atoms with E-state index in [-0.39, 0.29) is 36.4 Å². The van der Waals surface area contributed by atoms with Gasteiger partial charge in [0.2, 0.25) is 17.6 Å². The van der Waals surface area contributed by atoms with Crippen LogP contribution < -0.4 is 5.32 Å². The van der Waals surface area contributed by atoms with E-state index in [0.717, 1.165) is 24.9 Å². The van der Waals surface area contributed by atoms with Crippen molar-refractivity contribution in [2.45, 2.75) is 37.8 Å². The SMILES string of the molecule is C[C@H]1OCCN[C@@H]1C(=O)N1CCCC(c2nc(-c3ccc(Cl)cc3)no2)C1.Cl. The van der Waals surface area contributed by atoms with Gasteiger partial charge in [0.15, 0.2) is 0 Å². The topological polar surface area (TPSA) is 80.5 Å². The Morgan fingerprint density at radius 1 is 1.32 bits per heavy atom. The van der Waals surface area contributed by atoms with Gasteiger partial charge in [-0.15, -0.1) is 12.4 Å². The van der Waals surface area contributed by atoms with Crippen molar-refractivity contribution < 1.29 is 14.1 Å². The highest BCUT2D eigenvalue weighted by molar-refractivity contribution is 6.30. The number of hydrogen-bond donors (Lipinski definition) is 1. The summed E-state index contributed by atoms with van der Waals surface area (Å²) in [5, 5.41) is 8.04. The first-order chi connectivity index (χ1) is 13.1. The summed E-state index contributed by atoms with van der Waals surface area (Å²) in [6.07, 6.45) is 1.72. The van der Waals surface area contributed by atoms with Crippen molar-refractivity contribution in [3.05, 3.63) is 35.2 Å². The zero-order chi connectivity index (χ0) is 18.8. The fourth-order valence-electron chi connectivity index (χ4n) is 3.70. The van der Waals surface area contributed by atoms with Gasteiger partial charge < -0.3 is 19.5 Å². The molecule has 0 bridgehead atoms. The molecule has 1 amide bonds. The maximum atomic E-state index is 12.9. The maximum Gasteiger partial charge on any atom is 0.242 e. The number of nitrogens with one attached hydrogen (secondary N) is 1. The molecule has 1 unspecified atom stereocenters. The first kappa shape index (κ1) is 21.0. The average Bonchev–Trinajstić information content (AvgIpc) is 3.19. The second-order valence-corrected chi connectivity index (χ2v) is 7.53. The van der Waals surface area contributed by atoms with Gasteiger partial charge in [-0.25, -0.2) is 0 Å². The molecular weight excluding hydrogens is 403 g/mol. The fourth-order valence-corrected chi connectivity index (χ4v) is 3.83. The zero-order valence-corrected chi connectivity index (χ0v) is 17.2. The Bertz CT molecular complexity index is 799. The number of ether oxygens (including phenoxy) is 1. The summed E-state index contributed by atoms with van der Waals surface area (Å²) >= 11 is 5.93. The van der Waals surface area contributed by atoms with E-state index in [9.17, 15) is 4.79 Å². The molecular formula is C19H24Cl2N4O3. The summed E-state index contributed by atoms with van der Waals surface area (Å²) in [5.41, 5.74) is 0.857. The number of likely N-dealkylation sites (tertiary alicyclic amines) is 1. The standard InChI is InChI=1S/C19H23ClN4O3.ClH/c1-12-16(21-8-10-26-12)19(25)24-9-2-3-14(11-24)18-22-17(23-27-18)13-4-6-15(20)7-5-13;/h4-7,12,14,16,21H,2-3,8-11H2,1H3;1H/t12-,14?,16+;/m1./s1. The minimum Gasteiger partial charge on any atom is -0.375 e. The quantitative estimate of drug-likeness (QED) is 0.812. The van der Waals surface area contributed by atoms with Crippen molar-refractivity contribution in [1.82, 2.24) is 20.4 Å². The summed E-state index contributed by atoms with van der Waals surface area (Å²) in [4.78, 5) is 19.4. The number of halogens is 2. The largest absolute Gasteiger partial charge is 0.375 e. The minimum absolute atomic E-state index is 0. The third-order valence-electron chi connectivity index (χ3n) is 5.21. The Labute approximate surface area is 175 Å². The number of benzene rings is 1. The van der Waals surface area contributed by atoms with Crippen molar-refractivity contribution in [3.8, 4) is 11.4 Å². The van der Waals surface area contributed by atoms with Crippen molar-refractivity contribution in [2.75, 3.05) is 26.2 Å². The van der Waals surface area contributed by atoms with Gasteiger partial charge in [0.25, 0.3) is 0 Å². The number of nitrogens with zero attached hydrogens (tertiary/aromatic N) is 3. The van der Waals surface area contributed by atoms with Gasteiger partial charge in [-0.2, -0.15) is 4.98 Å². The highest BCUT2D eigenvalue weighted by Gasteiger charge is 2.35. The second-order valence-electron chi connectivity index (χ2n) is 7.09. The van der Waals surface area contributed by atoms with Crippen LogP contribution in [0.3, 0.4) is 0 Å². The molecule has 2 saturated heterocycles. The number of morpholine rings is 1. The first-order valence-corrected chi connectivity index (χ1v) is 9.73. The molecule has 2 aliphatic rings. The number of piperidine rings is 1. The van der Waals surface area contributed by atoms with E-state index in [0.29, 0.717) is 36.4 Å². The maximum absolute atomic E-state index is 12.9.